The van der Waals surface area contributed by atoms with Gasteiger partial charge < -0.3 is 15.1 Å². The number of likely N-dealkylation sites (tertiary alicyclic amines) is 2. The van der Waals surface area contributed by atoms with E-state index in [9.17, 15) is 9.59 Å². The molecule has 40 heavy (non-hydrogen) atoms. The molecule has 1 amide bonds. The van der Waals surface area contributed by atoms with Crippen LogP contribution in [0.15, 0.2) is 41.3 Å². The van der Waals surface area contributed by atoms with Crippen molar-refractivity contribution in [3.05, 3.63) is 63.8 Å². The number of para-hydroxylation sites is 1. The lowest BCUT2D eigenvalue weighted by atomic mass is 10.1. The Hall–Kier alpha value is -3.21. The van der Waals surface area contributed by atoms with Crippen molar-refractivity contribution in [1.29, 1.82) is 0 Å². The number of amides is 1. The Kier molecular flexibility index (Phi) is 7.91. The van der Waals surface area contributed by atoms with Gasteiger partial charge in [-0.15, -0.1) is 0 Å². The zero-order valence-corrected chi connectivity index (χ0v) is 23.7. The van der Waals surface area contributed by atoms with E-state index in [4.69, 9.17) is 4.98 Å². The van der Waals surface area contributed by atoms with Gasteiger partial charge in [-0.1, -0.05) is 23.5 Å². The van der Waals surface area contributed by atoms with E-state index >= 15 is 4.39 Å². The van der Waals surface area contributed by atoms with Gasteiger partial charge in [0.15, 0.2) is 10.8 Å². The largest absolute Gasteiger partial charge is 0.351 e. The highest BCUT2D eigenvalue weighted by molar-refractivity contribution is 7.20. The number of aromatic nitrogens is 3. The number of carbonyl (C=O) groups excluding carboxylic acids is 1. The number of pyridine rings is 2. The molecule has 5 heterocycles. The maximum absolute atomic E-state index is 15.3. The number of halogens is 1. The maximum Gasteiger partial charge on any atom is 0.256 e. The van der Waals surface area contributed by atoms with Crippen LogP contribution in [0.2, 0.25) is 0 Å². The number of hydrogen-bond acceptors (Lipinski definition) is 7. The lowest BCUT2D eigenvalue weighted by Crippen LogP contribution is -2.36. The highest BCUT2D eigenvalue weighted by Gasteiger charge is 2.23. The molecule has 0 spiro atoms. The van der Waals surface area contributed by atoms with Crippen LogP contribution in [0.4, 0.5) is 4.39 Å². The third kappa shape index (κ3) is 5.53. The summed E-state index contributed by atoms with van der Waals surface area (Å²) in [5.74, 6) is -0.980. The normalized spacial score (nSPS) is 18.3. The summed E-state index contributed by atoms with van der Waals surface area (Å²) in [4.78, 5) is 40.9. The second-order valence-electron chi connectivity index (χ2n) is 10.9. The van der Waals surface area contributed by atoms with E-state index in [2.05, 4.69) is 27.0 Å². The number of carbonyl (C=O) groups is 1. The molecule has 1 aromatic carbocycles. The topological polar surface area (TPSA) is 83.4 Å². The third-order valence-corrected chi connectivity index (χ3v) is 9.23. The lowest BCUT2D eigenvalue weighted by molar-refractivity contribution is 0.0948. The molecule has 0 aliphatic carbocycles. The zero-order chi connectivity index (χ0) is 27.6. The number of nitrogens with zero attached hydrogens (tertiary/aromatic N) is 5. The molecule has 1 atom stereocenters. The Balaban J connectivity index is 1.35. The number of aryl methyl sites for hydroxylation is 1. The third-order valence-electron chi connectivity index (χ3n) is 8.20. The van der Waals surface area contributed by atoms with Gasteiger partial charge in [-0.05, 0) is 89.8 Å². The average Bonchev–Trinajstić information content (AvgIpc) is 3.71. The van der Waals surface area contributed by atoms with Gasteiger partial charge in [-0.2, -0.15) is 0 Å². The number of thiazole rings is 1. The van der Waals surface area contributed by atoms with Crippen LogP contribution in [0.1, 0.15) is 55.1 Å². The predicted molar refractivity (Wildman–Crippen MR) is 157 cm³/mol. The number of rotatable bonds is 9. The number of benzene rings is 1. The van der Waals surface area contributed by atoms with Crippen molar-refractivity contribution < 1.29 is 9.18 Å². The molecule has 2 saturated heterocycles. The second-order valence-corrected chi connectivity index (χ2v) is 11.9. The van der Waals surface area contributed by atoms with E-state index in [1.807, 2.05) is 24.3 Å². The second kappa shape index (κ2) is 11.7. The molecule has 0 radical (unpaired) electrons. The van der Waals surface area contributed by atoms with Crippen LogP contribution in [0.25, 0.3) is 26.4 Å². The van der Waals surface area contributed by atoms with E-state index in [1.54, 1.807) is 4.57 Å². The smallest absolute Gasteiger partial charge is 0.256 e. The quantitative estimate of drug-likeness (QED) is 0.326. The van der Waals surface area contributed by atoms with Crippen molar-refractivity contribution >= 4 is 38.5 Å². The van der Waals surface area contributed by atoms with Crippen molar-refractivity contribution in [3.63, 3.8) is 0 Å². The van der Waals surface area contributed by atoms with Crippen LogP contribution in [-0.2, 0) is 6.42 Å². The molecule has 8 nitrogen and oxygen atoms in total. The Labute approximate surface area is 236 Å². The first-order chi connectivity index (χ1) is 19.5. The molecule has 6 rings (SSSR count). The van der Waals surface area contributed by atoms with Crippen LogP contribution in [-0.4, -0.2) is 75.6 Å². The summed E-state index contributed by atoms with van der Waals surface area (Å²) in [5.41, 5.74) is 0.910. The van der Waals surface area contributed by atoms with E-state index < -0.39 is 17.2 Å². The van der Waals surface area contributed by atoms with E-state index in [0.717, 1.165) is 49.4 Å². The minimum atomic E-state index is -0.519. The summed E-state index contributed by atoms with van der Waals surface area (Å²) in [6.45, 7) is 7.44. The summed E-state index contributed by atoms with van der Waals surface area (Å²) in [6, 6.07) is 9.57. The molecule has 2 aliphatic heterocycles. The van der Waals surface area contributed by atoms with Crippen LogP contribution < -0.4 is 10.7 Å². The maximum atomic E-state index is 15.3. The van der Waals surface area contributed by atoms with Gasteiger partial charge in [0.2, 0.25) is 5.43 Å². The Morgan fingerprint density at radius 1 is 1.12 bits per heavy atom. The molecular formula is C30H35FN6O2S. The number of fused-ring (bicyclic) bond motifs is 2. The summed E-state index contributed by atoms with van der Waals surface area (Å²) < 4.78 is 18.0. The zero-order valence-electron chi connectivity index (χ0n) is 22.9. The molecule has 1 N–H and O–H groups in total. The summed E-state index contributed by atoms with van der Waals surface area (Å²) in [7, 11) is 0. The first-order valence-electron chi connectivity index (χ1n) is 14.3. The van der Waals surface area contributed by atoms with Crippen molar-refractivity contribution in [3.8, 4) is 5.13 Å². The highest BCUT2D eigenvalue weighted by Crippen LogP contribution is 2.27. The fourth-order valence-electron chi connectivity index (χ4n) is 5.91. The van der Waals surface area contributed by atoms with E-state index in [-0.39, 0.29) is 10.9 Å². The molecule has 0 saturated carbocycles. The number of nitrogens with one attached hydrogen (secondary N) is 1. The molecule has 4 aromatic rings. The van der Waals surface area contributed by atoms with Crippen molar-refractivity contribution in [2.45, 2.75) is 51.5 Å². The van der Waals surface area contributed by atoms with Crippen LogP contribution in [0.5, 0.6) is 0 Å². The van der Waals surface area contributed by atoms with Crippen molar-refractivity contribution in [2.24, 2.45) is 0 Å². The van der Waals surface area contributed by atoms with Gasteiger partial charge in [0.25, 0.3) is 5.91 Å². The molecular weight excluding hydrogens is 527 g/mol. The van der Waals surface area contributed by atoms with Gasteiger partial charge in [0.05, 0.1) is 21.3 Å². The van der Waals surface area contributed by atoms with Gasteiger partial charge in [0, 0.05) is 25.3 Å². The van der Waals surface area contributed by atoms with E-state index in [0.29, 0.717) is 35.5 Å². The monoisotopic (exact) mass is 562 g/mol. The molecule has 3 aromatic heterocycles. The standard InChI is InChI=1S/C30H35FN6O2S/c1-20-8-6-15-36(20)16-7-10-24-23(31)18-21-27(38)22(29(39)32-12-17-35-13-4-5-14-35)19-37(28(21)33-24)30-34-25-9-2-3-11-26(25)40-30/h2-3,9,11,18-20H,4-8,10,12-17H2,1H3,(H,32,39). The fraction of sp³-hybridized carbons (Fsp3) is 0.467. The molecule has 1 unspecified atom stereocenters. The number of hydrogen-bond donors (Lipinski definition) is 1. The summed E-state index contributed by atoms with van der Waals surface area (Å²) in [5, 5.41) is 3.55. The summed E-state index contributed by atoms with van der Waals surface area (Å²) in [6.07, 6.45) is 7.51. The van der Waals surface area contributed by atoms with Gasteiger partial charge in [-0.3, -0.25) is 14.2 Å². The first-order valence-corrected chi connectivity index (χ1v) is 15.1. The Morgan fingerprint density at radius 2 is 1.95 bits per heavy atom. The Bertz CT molecular complexity index is 1560. The van der Waals surface area contributed by atoms with Crippen molar-refractivity contribution in [1.82, 2.24) is 29.7 Å². The summed E-state index contributed by atoms with van der Waals surface area (Å²) >= 11 is 1.44. The van der Waals surface area contributed by atoms with Crippen molar-refractivity contribution in [2.75, 3.05) is 39.3 Å². The highest BCUT2D eigenvalue weighted by atomic mass is 32.1. The minimum Gasteiger partial charge on any atom is -0.351 e. The Morgan fingerprint density at radius 3 is 2.73 bits per heavy atom. The van der Waals surface area contributed by atoms with Crippen LogP contribution >= 0.6 is 11.3 Å². The van der Waals surface area contributed by atoms with Crippen LogP contribution in [0, 0.1) is 5.82 Å². The van der Waals surface area contributed by atoms with Crippen LogP contribution in [0.3, 0.4) is 0 Å². The first kappa shape index (κ1) is 27.0. The van der Waals surface area contributed by atoms with Gasteiger partial charge >= 0.3 is 0 Å². The minimum absolute atomic E-state index is 0.0369. The van der Waals surface area contributed by atoms with Gasteiger partial charge in [-0.25, -0.2) is 14.4 Å². The lowest BCUT2D eigenvalue weighted by Gasteiger charge is -2.20. The molecule has 210 valence electrons. The molecule has 2 fully saturated rings. The molecule has 10 heteroatoms. The molecule has 2 aliphatic rings. The van der Waals surface area contributed by atoms with E-state index in [1.165, 1.54) is 49.3 Å². The van der Waals surface area contributed by atoms with Gasteiger partial charge in [0.1, 0.15) is 11.4 Å². The SMILES string of the molecule is CC1CCCN1CCCc1nc2c(cc1F)c(=O)c(C(=O)NCCN1CCCC1)cn2-c1nc2ccccc2s1. The fourth-order valence-corrected chi connectivity index (χ4v) is 6.85. The average molecular weight is 563 g/mol. The predicted octanol–water partition coefficient (Wildman–Crippen LogP) is 4.38. The molecule has 0 bridgehead atoms.